The second kappa shape index (κ2) is 6.95. The van der Waals surface area contributed by atoms with E-state index >= 15 is 0 Å². The highest BCUT2D eigenvalue weighted by atomic mass is 19.4. The molecular formula is C10H9F14N. The van der Waals surface area contributed by atoms with Crippen LogP contribution in [0.4, 0.5) is 61.5 Å². The zero-order valence-electron chi connectivity index (χ0n) is 11.6. The van der Waals surface area contributed by atoms with E-state index in [1.165, 1.54) is 5.32 Å². The molecule has 0 aromatic rings. The molecule has 0 unspecified atom stereocenters. The number of rotatable bonds is 8. The standard InChI is InChI=1S/C10H9F14N/c11-5(12,7(15,16)9(19,20)21)1-3-25-4-2-6(13,14)8(17,18)10(22,23)24/h25H,1-4H2. The Morgan fingerprint density at radius 2 is 0.680 bits per heavy atom. The monoisotopic (exact) mass is 409 g/mol. The van der Waals surface area contributed by atoms with Gasteiger partial charge in [0.15, 0.2) is 0 Å². The van der Waals surface area contributed by atoms with Gasteiger partial charge < -0.3 is 5.32 Å². The largest absolute Gasteiger partial charge is 0.459 e. The summed E-state index contributed by atoms with van der Waals surface area (Å²) >= 11 is 0. The predicted molar refractivity (Wildman–Crippen MR) is 54.0 cm³/mol. The summed E-state index contributed by atoms with van der Waals surface area (Å²) in [6, 6.07) is 0. The average Bonchev–Trinajstić information content (AvgIpc) is 2.34. The van der Waals surface area contributed by atoms with Crippen LogP contribution in [0.2, 0.25) is 0 Å². The van der Waals surface area contributed by atoms with Gasteiger partial charge in [-0.15, -0.1) is 0 Å². The van der Waals surface area contributed by atoms with Crippen molar-refractivity contribution in [1.82, 2.24) is 5.32 Å². The maximum Gasteiger partial charge on any atom is 0.459 e. The minimum atomic E-state index is -6.61. The number of alkyl halides is 14. The highest BCUT2D eigenvalue weighted by Gasteiger charge is 2.73. The summed E-state index contributed by atoms with van der Waals surface area (Å²) in [6.45, 7) is -2.96. The lowest BCUT2D eigenvalue weighted by molar-refractivity contribution is -0.355. The van der Waals surface area contributed by atoms with E-state index < -0.39 is 62.0 Å². The predicted octanol–water partition coefficient (Wildman–Crippen LogP) is 5.02. The molecule has 0 aromatic carbocycles. The fraction of sp³-hybridized carbons (Fsp3) is 1.00. The van der Waals surface area contributed by atoms with Crippen molar-refractivity contribution in [1.29, 1.82) is 0 Å². The van der Waals surface area contributed by atoms with Gasteiger partial charge in [0.25, 0.3) is 0 Å². The van der Waals surface area contributed by atoms with Crippen LogP contribution in [0.15, 0.2) is 0 Å². The normalized spacial score (nSPS) is 15.6. The lowest BCUT2D eigenvalue weighted by Gasteiger charge is -2.29. The lowest BCUT2D eigenvalue weighted by atomic mass is 10.1. The van der Waals surface area contributed by atoms with Crippen LogP contribution < -0.4 is 5.32 Å². The molecule has 0 aliphatic rings. The number of nitrogens with one attached hydrogen (secondary N) is 1. The Morgan fingerprint density at radius 3 is 0.880 bits per heavy atom. The Labute approximate surface area is 130 Å². The lowest BCUT2D eigenvalue weighted by Crippen LogP contribution is -2.53. The van der Waals surface area contributed by atoms with Gasteiger partial charge in [0.2, 0.25) is 0 Å². The molecule has 0 spiro atoms. The minimum Gasteiger partial charge on any atom is -0.316 e. The van der Waals surface area contributed by atoms with E-state index in [0.717, 1.165) is 0 Å². The van der Waals surface area contributed by atoms with Gasteiger partial charge in [0.1, 0.15) is 0 Å². The number of hydrogen-bond acceptors (Lipinski definition) is 1. The Morgan fingerprint density at radius 1 is 0.440 bits per heavy atom. The SMILES string of the molecule is FC(F)(F)C(F)(F)C(F)(F)CCNCCC(F)(F)C(F)(F)C(F)(F)F. The van der Waals surface area contributed by atoms with Gasteiger partial charge >= 0.3 is 36.0 Å². The van der Waals surface area contributed by atoms with Crippen LogP contribution in [-0.2, 0) is 0 Å². The van der Waals surface area contributed by atoms with Crippen LogP contribution in [0, 0.1) is 0 Å². The van der Waals surface area contributed by atoms with Crippen molar-refractivity contribution in [2.45, 2.75) is 48.9 Å². The van der Waals surface area contributed by atoms with Crippen LogP contribution in [-0.4, -0.2) is 49.1 Å². The summed E-state index contributed by atoms with van der Waals surface area (Å²) in [5.41, 5.74) is 0. The van der Waals surface area contributed by atoms with Gasteiger partial charge in [-0.3, -0.25) is 0 Å². The van der Waals surface area contributed by atoms with Crippen molar-refractivity contribution >= 4 is 0 Å². The molecule has 0 rings (SSSR count). The molecule has 0 radical (unpaired) electrons. The molecule has 0 fully saturated rings. The van der Waals surface area contributed by atoms with E-state index in [9.17, 15) is 61.5 Å². The van der Waals surface area contributed by atoms with E-state index in [-0.39, 0.29) is 0 Å². The summed E-state index contributed by atoms with van der Waals surface area (Å²) < 4.78 is 171. The van der Waals surface area contributed by atoms with Crippen LogP contribution in [0.25, 0.3) is 0 Å². The molecule has 152 valence electrons. The average molecular weight is 409 g/mol. The third-order valence-electron chi connectivity index (χ3n) is 2.86. The topological polar surface area (TPSA) is 12.0 Å². The van der Waals surface area contributed by atoms with Gasteiger partial charge in [0.05, 0.1) is 0 Å². The molecule has 0 aliphatic carbocycles. The van der Waals surface area contributed by atoms with Crippen LogP contribution in [0.1, 0.15) is 12.8 Å². The quantitative estimate of drug-likeness (QED) is 0.439. The first-order valence-electron chi connectivity index (χ1n) is 6.06. The maximum atomic E-state index is 12.8. The van der Waals surface area contributed by atoms with Gasteiger partial charge in [-0.05, 0) is 0 Å². The molecule has 0 saturated heterocycles. The zero-order valence-corrected chi connectivity index (χ0v) is 11.6. The first-order valence-corrected chi connectivity index (χ1v) is 6.06. The second-order valence-corrected chi connectivity index (χ2v) is 4.80. The summed E-state index contributed by atoms with van der Waals surface area (Å²) in [6.07, 6.45) is -17.7. The van der Waals surface area contributed by atoms with Crippen LogP contribution >= 0.6 is 0 Å². The van der Waals surface area contributed by atoms with Crippen molar-refractivity contribution in [3.8, 4) is 0 Å². The van der Waals surface area contributed by atoms with Gasteiger partial charge in [-0.1, -0.05) is 0 Å². The smallest absolute Gasteiger partial charge is 0.316 e. The molecule has 0 atom stereocenters. The number of hydrogen-bond donors (Lipinski definition) is 1. The summed E-state index contributed by atoms with van der Waals surface area (Å²) in [5.74, 6) is -24.2. The van der Waals surface area contributed by atoms with Crippen molar-refractivity contribution in [2.24, 2.45) is 0 Å². The van der Waals surface area contributed by atoms with Crippen molar-refractivity contribution in [3.05, 3.63) is 0 Å². The zero-order chi connectivity index (χ0) is 20.5. The van der Waals surface area contributed by atoms with E-state index in [1.54, 1.807) is 0 Å². The van der Waals surface area contributed by atoms with Crippen molar-refractivity contribution in [3.63, 3.8) is 0 Å². The minimum absolute atomic E-state index is 1.38. The Hall–Kier alpha value is -1.02. The highest BCUT2D eigenvalue weighted by molar-refractivity contribution is 4.93. The maximum absolute atomic E-state index is 12.8. The van der Waals surface area contributed by atoms with Gasteiger partial charge in [0, 0.05) is 25.9 Å². The first kappa shape index (κ1) is 24.0. The summed E-state index contributed by atoms with van der Waals surface area (Å²) in [4.78, 5) is 0. The molecule has 0 saturated carbocycles. The van der Waals surface area contributed by atoms with Crippen LogP contribution in [0.3, 0.4) is 0 Å². The van der Waals surface area contributed by atoms with Crippen LogP contribution in [0.5, 0.6) is 0 Å². The second-order valence-electron chi connectivity index (χ2n) is 4.80. The Bertz CT molecular complexity index is 394. The molecule has 25 heavy (non-hydrogen) atoms. The van der Waals surface area contributed by atoms with Gasteiger partial charge in [-0.2, -0.15) is 61.5 Å². The molecule has 15 heteroatoms. The summed E-state index contributed by atoms with van der Waals surface area (Å²) in [7, 11) is 0. The Kier molecular flexibility index (Phi) is 6.66. The molecule has 1 N–H and O–H groups in total. The fourth-order valence-corrected chi connectivity index (χ4v) is 1.34. The van der Waals surface area contributed by atoms with Crippen molar-refractivity contribution < 1.29 is 61.5 Å². The van der Waals surface area contributed by atoms with E-state index in [1.807, 2.05) is 0 Å². The van der Waals surface area contributed by atoms with E-state index in [2.05, 4.69) is 0 Å². The fourth-order valence-electron chi connectivity index (χ4n) is 1.34. The Balaban J connectivity index is 4.62. The molecule has 0 heterocycles. The molecule has 0 aliphatic heterocycles. The first-order chi connectivity index (χ1) is 10.7. The summed E-state index contributed by atoms with van der Waals surface area (Å²) in [5, 5.41) is 1.38. The third-order valence-corrected chi connectivity index (χ3v) is 2.86. The highest BCUT2D eigenvalue weighted by Crippen LogP contribution is 2.49. The van der Waals surface area contributed by atoms with E-state index in [0.29, 0.717) is 0 Å². The molecular weight excluding hydrogens is 400 g/mol. The molecule has 0 bridgehead atoms. The third kappa shape index (κ3) is 5.00. The van der Waals surface area contributed by atoms with E-state index in [4.69, 9.17) is 0 Å². The van der Waals surface area contributed by atoms with Crippen molar-refractivity contribution in [2.75, 3.05) is 13.1 Å². The molecule has 1 nitrogen and oxygen atoms in total. The van der Waals surface area contributed by atoms with Gasteiger partial charge in [-0.25, -0.2) is 0 Å². The number of halogens is 14. The molecule has 0 amide bonds. The molecule has 0 aromatic heterocycles.